The third kappa shape index (κ3) is 2.09. The number of fused-ring (bicyclic) bond motifs is 3. The number of methoxy groups -OCH3 is 1. The Kier molecular flexibility index (Phi) is 3.16. The van der Waals surface area contributed by atoms with Gasteiger partial charge in [-0.25, -0.2) is 9.90 Å². The molecule has 5 heteroatoms. The number of esters is 1. The van der Waals surface area contributed by atoms with Gasteiger partial charge in [0.2, 0.25) is 0 Å². The van der Waals surface area contributed by atoms with Gasteiger partial charge in [0.05, 0.1) is 24.8 Å². The van der Waals surface area contributed by atoms with Crippen LogP contribution >= 0.6 is 0 Å². The number of hydrogen-bond acceptors (Lipinski definition) is 5. The zero-order valence-corrected chi connectivity index (χ0v) is 10.8. The molecule has 0 aliphatic carbocycles. The lowest BCUT2D eigenvalue weighted by Gasteiger charge is -2.44. The summed E-state index contributed by atoms with van der Waals surface area (Å²) in [4.78, 5) is 17.5. The van der Waals surface area contributed by atoms with Crippen molar-refractivity contribution in [3.8, 4) is 0 Å². The van der Waals surface area contributed by atoms with Gasteiger partial charge in [0.15, 0.2) is 6.29 Å². The minimum Gasteiger partial charge on any atom is -0.469 e. The SMILES string of the molecule is COC(=O)[C@H]1C[C@H]2CCC(O)ON2c2ccccc21. The minimum atomic E-state index is -0.765. The van der Waals surface area contributed by atoms with E-state index in [9.17, 15) is 9.90 Å². The van der Waals surface area contributed by atoms with E-state index in [1.165, 1.54) is 7.11 Å². The fourth-order valence-corrected chi connectivity index (χ4v) is 2.94. The summed E-state index contributed by atoms with van der Waals surface area (Å²) in [5, 5.41) is 11.4. The van der Waals surface area contributed by atoms with E-state index < -0.39 is 6.29 Å². The summed E-state index contributed by atoms with van der Waals surface area (Å²) in [5.74, 6) is -0.459. The van der Waals surface area contributed by atoms with Gasteiger partial charge in [-0.15, -0.1) is 0 Å². The van der Waals surface area contributed by atoms with Gasteiger partial charge in [0.1, 0.15) is 0 Å². The molecule has 1 saturated heterocycles. The van der Waals surface area contributed by atoms with Crippen LogP contribution in [0.15, 0.2) is 24.3 Å². The molecule has 0 saturated carbocycles. The second kappa shape index (κ2) is 4.83. The Morgan fingerprint density at radius 1 is 1.42 bits per heavy atom. The highest BCUT2D eigenvalue weighted by Gasteiger charge is 2.40. The molecule has 0 spiro atoms. The summed E-state index contributed by atoms with van der Waals surface area (Å²) in [6.45, 7) is 0. The van der Waals surface area contributed by atoms with Gasteiger partial charge in [0, 0.05) is 6.42 Å². The molecule has 5 nitrogen and oxygen atoms in total. The molecule has 3 atom stereocenters. The molecule has 0 aromatic heterocycles. The second-order valence-electron chi connectivity index (χ2n) is 4.99. The zero-order valence-electron chi connectivity index (χ0n) is 10.8. The summed E-state index contributed by atoms with van der Waals surface area (Å²) in [6, 6.07) is 7.74. The van der Waals surface area contributed by atoms with Gasteiger partial charge in [0.25, 0.3) is 0 Å². The van der Waals surface area contributed by atoms with Gasteiger partial charge in [-0.05, 0) is 24.5 Å². The Labute approximate surface area is 111 Å². The highest BCUT2D eigenvalue weighted by atomic mass is 16.8. The molecule has 2 aliphatic rings. The first kappa shape index (κ1) is 12.4. The van der Waals surface area contributed by atoms with Gasteiger partial charge in [-0.3, -0.25) is 4.79 Å². The first-order valence-electron chi connectivity index (χ1n) is 6.51. The van der Waals surface area contributed by atoms with Gasteiger partial charge < -0.3 is 9.84 Å². The van der Waals surface area contributed by atoms with E-state index in [4.69, 9.17) is 9.57 Å². The Morgan fingerprint density at radius 3 is 3.00 bits per heavy atom. The van der Waals surface area contributed by atoms with Gasteiger partial charge >= 0.3 is 5.97 Å². The largest absolute Gasteiger partial charge is 0.469 e. The van der Waals surface area contributed by atoms with E-state index >= 15 is 0 Å². The molecule has 3 rings (SSSR count). The van der Waals surface area contributed by atoms with Crippen LogP contribution in [-0.2, 0) is 14.4 Å². The molecule has 1 fully saturated rings. The average Bonchev–Trinajstić information content (AvgIpc) is 2.46. The van der Waals surface area contributed by atoms with E-state index in [2.05, 4.69) is 0 Å². The van der Waals surface area contributed by atoms with E-state index in [1.54, 1.807) is 5.06 Å². The van der Waals surface area contributed by atoms with Crippen molar-refractivity contribution in [3.63, 3.8) is 0 Å². The van der Waals surface area contributed by atoms with Gasteiger partial charge in [-0.2, -0.15) is 0 Å². The Bertz CT molecular complexity index is 490. The maximum atomic E-state index is 11.9. The number of anilines is 1. The van der Waals surface area contributed by atoms with Crippen LogP contribution in [0.4, 0.5) is 5.69 Å². The van der Waals surface area contributed by atoms with Crippen LogP contribution < -0.4 is 5.06 Å². The molecular formula is C14H17NO4. The van der Waals surface area contributed by atoms with Crippen LogP contribution in [0.3, 0.4) is 0 Å². The number of aliphatic hydroxyl groups is 1. The topological polar surface area (TPSA) is 59.0 Å². The number of aliphatic hydroxyl groups excluding tert-OH is 1. The summed E-state index contributed by atoms with van der Waals surface area (Å²) >= 11 is 0. The second-order valence-corrected chi connectivity index (χ2v) is 4.99. The Balaban J connectivity index is 2.00. The normalized spacial score (nSPS) is 29.4. The molecular weight excluding hydrogens is 246 g/mol. The van der Waals surface area contributed by atoms with E-state index in [0.29, 0.717) is 12.8 Å². The third-order valence-electron chi connectivity index (χ3n) is 3.86. The first-order chi connectivity index (χ1) is 9.20. The molecule has 2 aliphatic heterocycles. The predicted molar refractivity (Wildman–Crippen MR) is 68.4 cm³/mol. The van der Waals surface area contributed by atoms with E-state index in [0.717, 1.165) is 17.7 Å². The fraction of sp³-hybridized carbons (Fsp3) is 0.500. The molecule has 0 radical (unpaired) electrons. The van der Waals surface area contributed by atoms with Crippen LogP contribution in [0.25, 0.3) is 0 Å². The first-order valence-corrected chi connectivity index (χ1v) is 6.51. The van der Waals surface area contributed by atoms with Crippen LogP contribution in [0, 0.1) is 0 Å². The van der Waals surface area contributed by atoms with Crippen LogP contribution in [0.5, 0.6) is 0 Å². The molecule has 0 bridgehead atoms. The number of hydroxylamine groups is 1. The van der Waals surface area contributed by atoms with Crippen LogP contribution in [0.2, 0.25) is 0 Å². The van der Waals surface area contributed by atoms with Crippen LogP contribution in [-0.4, -0.2) is 30.5 Å². The summed E-state index contributed by atoms with van der Waals surface area (Å²) in [5.41, 5.74) is 1.76. The lowest BCUT2D eigenvalue weighted by molar-refractivity contribution is -0.152. The monoisotopic (exact) mass is 263 g/mol. The lowest BCUT2D eigenvalue weighted by atomic mass is 9.84. The van der Waals surface area contributed by atoms with E-state index in [1.807, 2.05) is 24.3 Å². The third-order valence-corrected chi connectivity index (χ3v) is 3.86. The standard InChI is InChI=1S/C14H17NO4/c1-18-14(17)11-8-9-6-7-13(16)19-15(9)12-5-3-2-4-10(11)12/h2-5,9,11,13,16H,6-8H2,1H3/t9-,11+,13?/m1/s1. The van der Waals surface area contributed by atoms with Crippen molar-refractivity contribution in [1.82, 2.24) is 0 Å². The van der Waals surface area contributed by atoms with Crippen molar-refractivity contribution in [1.29, 1.82) is 0 Å². The summed E-state index contributed by atoms with van der Waals surface area (Å²) < 4.78 is 4.90. The Hall–Kier alpha value is -1.59. The number of rotatable bonds is 1. The summed E-state index contributed by atoms with van der Waals surface area (Å²) in [7, 11) is 1.42. The molecule has 102 valence electrons. The number of benzene rings is 1. The summed E-state index contributed by atoms with van der Waals surface area (Å²) in [6.07, 6.45) is 1.30. The fourth-order valence-electron chi connectivity index (χ4n) is 2.94. The van der Waals surface area contributed by atoms with Crippen LogP contribution in [0.1, 0.15) is 30.7 Å². The average molecular weight is 263 g/mol. The number of carbonyl (C=O) groups is 1. The smallest absolute Gasteiger partial charge is 0.313 e. The maximum Gasteiger partial charge on any atom is 0.313 e. The van der Waals surface area contributed by atoms with Crippen molar-refractivity contribution in [2.24, 2.45) is 0 Å². The number of hydrogen-bond donors (Lipinski definition) is 1. The highest BCUT2D eigenvalue weighted by molar-refractivity contribution is 5.82. The number of para-hydroxylation sites is 1. The predicted octanol–water partition coefficient (Wildman–Crippen LogP) is 1.57. The molecule has 2 heterocycles. The zero-order chi connectivity index (χ0) is 13.4. The Morgan fingerprint density at radius 2 is 2.21 bits per heavy atom. The van der Waals surface area contributed by atoms with Gasteiger partial charge in [-0.1, -0.05) is 18.2 Å². The highest BCUT2D eigenvalue weighted by Crippen LogP contribution is 2.42. The van der Waals surface area contributed by atoms with E-state index in [-0.39, 0.29) is 17.9 Å². The molecule has 1 aromatic rings. The minimum absolute atomic E-state index is 0.113. The number of ether oxygens (including phenoxy) is 1. The van der Waals surface area contributed by atoms with Crippen molar-refractivity contribution in [2.45, 2.75) is 37.5 Å². The quantitative estimate of drug-likeness (QED) is 0.779. The molecule has 1 unspecified atom stereocenters. The van der Waals surface area contributed by atoms with Crippen molar-refractivity contribution in [3.05, 3.63) is 29.8 Å². The van der Waals surface area contributed by atoms with Crippen molar-refractivity contribution >= 4 is 11.7 Å². The molecule has 1 aromatic carbocycles. The van der Waals surface area contributed by atoms with Crippen molar-refractivity contribution in [2.75, 3.05) is 12.2 Å². The maximum absolute atomic E-state index is 11.9. The molecule has 19 heavy (non-hydrogen) atoms. The molecule has 1 N–H and O–H groups in total. The van der Waals surface area contributed by atoms with Crippen molar-refractivity contribution < 1.29 is 19.5 Å². The lowest BCUT2D eigenvalue weighted by Crippen LogP contribution is -2.48. The number of carbonyl (C=O) groups excluding carboxylic acids is 1. The molecule has 0 amide bonds. The number of nitrogens with zero attached hydrogens (tertiary/aromatic N) is 1.